The summed E-state index contributed by atoms with van der Waals surface area (Å²) < 4.78 is 16.7. The zero-order valence-electron chi connectivity index (χ0n) is 17.0. The molecule has 3 aromatic rings. The molecular weight excluding hydrogens is 366 g/mol. The molecule has 1 aliphatic heterocycles. The van der Waals surface area contributed by atoms with E-state index >= 15 is 0 Å². The second-order valence-corrected chi connectivity index (χ2v) is 7.11. The van der Waals surface area contributed by atoms with Crippen molar-refractivity contribution in [3.63, 3.8) is 0 Å². The zero-order valence-corrected chi connectivity index (χ0v) is 17.0. The van der Waals surface area contributed by atoms with Crippen LogP contribution in [0, 0.1) is 0 Å². The number of amides is 1. The number of hydrogen-bond donors (Lipinski definition) is 0. The first-order valence-corrected chi connectivity index (χ1v) is 9.85. The van der Waals surface area contributed by atoms with Crippen LogP contribution in [0.25, 0.3) is 17.0 Å². The van der Waals surface area contributed by atoms with Crippen molar-refractivity contribution in [3.8, 4) is 11.5 Å². The number of fused-ring (bicyclic) bond motifs is 2. The van der Waals surface area contributed by atoms with E-state index in [1.54, 1.807) is 20.3 Å². The third-order valence-corrected chi connectivity index (χ3v) is 5.45. The number of carbonyl (C=O) groups excluding carboxylic acids is 1. The maximum absolute atomic E-state index is 12.9. The SMILES string of the molecule is CCc1oc2ccccc2c1/C=C/C(=O)N1CCc2cc(OC)c(OC)cc2C1. The fourth-order valence-corrected chi connectivity index (χ4v) is 3.89. The number of ether oxygens (including phenoxy) is 2. The van der Waals surface area contributed by atoms with Crippen LogP contribution in [0.3, 0.4) is 0 Å². The van der Waals surface area contributed by atoms with Crippen LogP contribution in [0.1, 0.15) is 29.4 Å². The summed E-state index contributed by atoms with van der Waals surface area (Å²) in [5, 5.41) is 1.04. The summed E-state index contributed by atoms with van der Waals surface area (Å²) in [7, 11) is 3.26. The van der Waals surface area contributed by atoms with Gasteiger partial charge < -0.3 is 18.8 Å². The molecule has 0 radical (unpaired) electrons. The van der Waals surface area contributed by atoms with Gasteiger partial charge in [0.15, 0.2) is 11.5 Å². The maximum Gasteiger partial charge on any atom is 0.246 e. The highest BCUT2D eigenvalue weighted by Crippen LogP contribution is 2.33. The molecule has 0 saturated carbocycles. The lowest BCUT2D eigenvalue weighted by Gasteiger charge is -2.28. The summed E-state index contributed by atoms with van der Waals surface area (Å²) in [5.74, 6) is 2.31. The quantitative estimate of drug-likeness (QED) is 0.596. The molecule has 1 amide bonds. The molecule has 0 fully saturated rings. The number of hydrogen-bond acceptors (Lipinski definition) is 4. The van der Waals surface area contributed by atoms with E-state index in [4.69, 9.17) is 13.9 Å². The molecule has 0 spiro atoms. The van der Waals surface area contributed by atoms with Crippen LogP contribution in [-0.4, -0.2) is 31.6 Å². The Labute approximate surface area is 170 Å². The lowest BCUT2D eigenvalue weighted by atomic mass is 9.98. The molecule has 1 aliphatic rings. The molecule has 0 bridgehead atoms. The lowest BCUT2D eigenvalue weighted by molar-refractivity contribution is -0.126. The molecular formula is C24H25NO4. The van der Waals surface area contributed by atoms with E-state index in [2.05, 4.69) is 6.92 Å². The number of aryl methyl sites for hydroxylation is 1. The van der Waals surface area contributed by atoms with Crippen LogP contribution in [-0.2, 0) is 24.2 Å². The van der Waals surface area contributed by atoms with E-state index in [9.17, 15) is 4.79 Å². The van der Waals surface area contributed by atoms with Gasteiger partial charge in [-0.1, -0.05) is 25.1 Å². The Hall–Kier alpha value is -3.21. The molecule has 150 valence electrons. The number of carbonyl (C=O) groups is 1. The van der Waals surface area contributed by atoms with Gasteiger partial charge in [0, 0.05) is 36.5 Å². The molecule has 0 N–H and O–H groups in total. The molecule has 29 heavy (non-hydrogen) atoms. The van der Waals surface area contributed by atoms with E-state index in [1.165, 1.54) is 5.56 Å². The van der Waals surface area contributed by atoms with Crippen LogP contribution in [0.15, 0.2) is 46.9 Å². The highest BCUT2D eigenvalue weighted by atomic mass is 16.5. The van der Waals surface area contributed by atoms with Gasteiger partial charge in [-0.15, -0.1) is 0 Å². The van der Waals surface area contributed by atoms with Gasteiger partial charge in [-0.05, 0) is 41.8 Å². The Morgan fingerprint density at radius 1 is 1.14 bits per heavy atom. The zero-order chi connectivity index (χ0) is 20.4. The minimum Gasteiger partial charge on any atom is -0.493 e. The minimum absolute atomic E-state index is 0.00207. The second-order valence-electron chi connectivity index (χ2n) is 7.11. The van der Waals surface area contributed by atoms with Crippen molar-refractivity contribution in [2.75, 3.05) is 20.8 Å². The molecule has 0 saturated heterocycles. The van der Waals surface area contributed by atoms with Crippen molar-refractivity contribution in [3.05, 3.63) is 64.9 Å². The molecule has 5 heteroatoms. The summed E-state index contributed by atoms with van der Waals surface area (Å²) in [4.78, 5) is 14.7. The molecule has 0 unspecified atom stereocenters. The largest absolute Gasteiger partial charge is 0.493 e. The predicted molar refractivity (Wildman–Crippen MR) is 113 cm³/mol. The average molecular weight is 391 g/mol. The average Bonchev–Trinajstić information content (AvgIpc) is 3.13. The van der Waals surface area contributed by atoms with Crippen molar-refractivity contribution < 1.29 is 18.7 Å². The number of rotatable bonds is 5. The van der Waals surface area contributed by atoms with Gasteiger partial charge in [0.1, 0.15) is 11.3 Å². The molecule has 1 aromatic heterocycles. The first-order valence-electron chi connectivity index (χ1n) is 9.85. The molecule has 0 aliphatic carbocycles. The van der Waals surface area contributed by atoms with E-state index in [-0.39, 0.29) is 5.91 Å². The van der Waals surface area contributed by atoms with Crippen molar-refractivity contribution in [1.82, 2.24) is 4.90 Å². The summed E-state index contributed by atoms with van der Waals surface area (Å²) in [6.07, 6.45) is 5.12. The van der Waals surface area contributed by atoms with E-state index in [0.29, 0.717) is 18.8 Å². The number of methoxy groups -OCH3 is 2. The third-order valence-electron chi connectivity index (χ3n) is 5.45. The van der Waals surface area contributed by atoms with Gasteiger partial charge in [-0.25, -0.2) is 0 Å². The summed E-state index contributed by atoms with van der Waals surface area (Å²) in [5.41, 5.74) is 4.13. The van der Waals surface area contributed by atoms with Crippen molar-refractivity contribution in [2.45, 2.75) is 26.3 Å². The molecule has 0 atom stereocenters. The predicted octanol–water partition coefficient (Wildman–Crippen LogP) is 4.61. The van der Waals surface area contributed by atoms with Crippen molar-refractivity contribution in [2.24, 2.45) is 0 Å². The molecule has 5 nitrogen and oxygen atoms in total. The summed E-state index contributed by atoms with van der Waals surface area (Å²) >= 11 is 0. The Balaban J connectivity index is 1.56. The van der Waals surface area contributed by atoms with Gasteiger partial charge in [-0.2, -0.15) is 0 Å². The Morgan fingerprint density at radius 2 is 1.86 bits per heavy atom. The molecule has 4 rings (SSSR count). The number of nitrogens with zero attached hydrogens (tertiary/aromatic N) is 1. The molecule has 2 heterocycles. The van der Waals surface area contributed by atoms with Crippen LogP contribution in [0.4, 0.5) is 0 Å². The standard InChI is InChI=1S/C24H25NO4/c1-4-20-19(18-7-5-6-8-21(18)29-20)9-10-24(26)25-12-11-16-13-22(27-2)23(28-3)14-17(16)15-25/h5-10,13-14H,4,11-12,15H2,1-3H3/b10-9+. The second kappa shape index (κ2) is 8.03. The summed E-state index contributed by atoms with van der Waals surface area (Å²) in [6, 6.07) is 11.9. The van der Waals surface area contributed by atoms with Crippen molar-refractivity contribution >= 4 is 23.0 Å². The normalized spacial score (nSPS) is 13.7. The monoisotopic (exact) mass is 391 g/mol. The Kier molecular flexibility index (Phi) is 5.30. The van der Waals surface area contributed by atoms with Crippen LogP contribution in [0.5, 0.6) is 11.5 Å². The van der Waals surface area contributed by atoms with Crippen LogP contribution < -0.4 is 9.47 Å². The summed E-state index contributed by atoms with van der Waals surface area (Å²) in [6.45, 7) is 3.30. The molecule has 2 aromatic carbocycles. The van der Waals surface area contributed by atoms with Gasteiger partial charge >= 0.3 is 0 Å². The first kappa shape index (κ1) is 19.1. The van der Waals surface area contributed by atoms with E-state index in [0.717, 1.165) is 46.4 Å². The van der Waals surface area contributed by atoms with Crippen LogP contribution >= 0.6 is 0 Å². The lowest BCUT2D eigenvalue weighted by Crippen LogP contribution is -2.34. The fourth-order valence-electron chi connectivity index (χ4n) is 3.89. The number of para-hydroxylation sites is 1. The first-order chi connectivity index (χ1) is 14.1. The van der Waals surface area contributed by atoms with Gasteiger partial charge in [-0.3, -0.25) is 4.79 Å². The van der Waals surface area contributed by atoms with E-state index in [1.807, 2.05) is 47.4 Å². The maximum atomic E-state index is 12.9. The highest BCUT2D eigenvalue weighted by Gasteiger charge is 2.22. The number of furan rings is 1. The van der Waals surface area contributed by atoms with Gasteiger partial charge in [0.25, 0.3) is 0 Å². The Morgan fingerprint density at radius 3 is 2.59 bits per heavy atom. The Bertz CT molecular complexity index is 1080. The van der Waals surface area contributed by atoms with Gasteiger partial charge in [0.2, 0.25) is 5.91 Å². The van der Waals surface area contributed by atoms with Crippen molar-refractivity contribution in [1.29, 1.82) is 0 Å². The smallest absolute Gasteiger partial charge is 0.246 e. The fraction of sp³-hybridized carbons (Fsp3) is 0.292. The van der Waals surface area contributed by atoms with Gasteiger partial charge in [0.05, 0.1) is 14.2 Å². The third kappa shape index (κ3) is 3.60. The van der Waals surface area contributed by atoms with E-state index < -0.39 is 0 Å². The topological polar surface area (TPSA) is 51.9 Å². The number of benzene rings is 2. The minimum atomic E-state index is -0.00207. The highest BCUT2D eigenvalue weighted by molar-refractivity contribution is 5.96. The van der Waals surface area contributed by atoms with Crippen LogP contribution in [0.2, 0.25) is 0 Å².